The molecule has 5 aromatic rings. The molecule has 17 heteroatoms. The Balaban J connectivity index is 0.00000300. The summed E-state index contributed by atoms with van der Waals surface area (Å²) in [5.74, 6) is -0.998. The fraction of sp³-hybridized carbons (Fsp3) is 0.0333. The number of hydrogen-bond donors (Lipinski definition) is 2. The normalized spacial score (nSPS) is 11.7. The first-order valence-electron chi connectivity index (χ1n) is 12.9. The molecule has 0 saturated heterocycles. The number of phenolic OH excluding ortho intramolecular Hbond substituents is 1. The summed E-state index contributed by atoms with van der Waals surface area (Å²) in [5.41, 5.74) is 1.65. The van der Waals surface area contributed by atoms with Crippen molar-refractivity contribution in [3.8, 4) is 5.75 Å². The van der Waals surface area contributed by atoms with Crippen molar-refractivity contribution in [2.24, 2.45) is 20.5 Å². The van der Waals surface area contributed by atoms with Crippen molar-refractivity contribution in [1.82, 2.24) is 0 Å². The summed E-state index contributed by atoms with van der Waals surface area (Å²) < 4.78 is 69.7. The molecule has 47 heavy (non-hydrogen) atoms. The molecule has 0 aliphatic carbocycles. The van der Waals surface area contributed by atoms with Crippen molar-refractivity contribution in [2.45, 2.75) is 16.7 Å². The van der Waals surface area contributed by atoms with E-state index in [0.717, 1.165) is 18.2 Å². The number of nitrogens with zero attached hydrogens (tertiary/aromatic N) is 4. The van der Waals surface area contributed by atoms with Gasteiger partial charge < -0.3 is 19.5 Å². The summed E-state index contributed by atoms with van der Waals surface area (Å²) >= 11 is 0. The number of carbonyl (C=O) groups is 1. The monoisotopic (exact) mass is 689 g/mol. The maximum Gasteiger partial charge on any atom is 1.00 e. The molecule has 1 amide bonds. The van der Waals surface area contributed by atoms with E-state index in [1.54, 1.807) is 43.3 Å². The molecule has 0 fully saturated rings. The van der Waals surface area contributed by atoms with Crippen LogP contribution in [0.4, 0.5) is 28.4 Å². The van der Waals surface area contributed by atoms with Crippen LogP contribution in [0, 0.1) is 6.92 Å². The van der Waals surface area contributed by atoms with Gasteiger partial charge >= 0.3 is 59.1 Å². The Morgan fingerprint density at radius 2 is 1.36 bits per heavy atom. The molecule has 228 valence electrons. The number of aromatic hydroxyl groups is 1. The Bertz CT molecular complexity index is 2230. The van der Waals surface area contributed by atoms with Crippen molar-refractivity contribution in [3.63, 3.8) is 0 Å². The van der Waals surface area contributed by atoms with Crippen molar-refractivity contribution in [1.29, 1.82) is 0 Å². The molecular formula is C30H21N5Na2O8S2. The minimum atomic E-state index is -5.12. The second kappa shape index (κ2) is 15.7. The van der Waals surface area contributed by atoms with Gasteiger partial charge in [0.15, 0.2) is 5.75 Å². The average molecular weight is 690 g/mol. The molecule has 0 atom stereocenters. The topological polar surface area (TPSA) is 213 Å². The van der Waals surface area contributed by atoms with Gasteiger partial charge in [0.1, 0.15) is 25.9 Å². The zero-order chi connectivity index (χ0) is 32.4. The number of azo groups is 2. The third-order valence-corrected chi connectivity index (χ3v) is 8.16. The maximum absolute atomic E-state index is 12.5. The van der Waals surface area contributed by atoms with Crippen LogP contribution >= 0.6 is 0 Å². The predicted octanol–water partition coefficient (Wildman–Crippen LogP) is 0.753. The van der Waals surface area contributed by atoms with Crippen molar-refractivity contribution in [3.05, 3.63) is 108 Å². The van der Waals surface area contributed by atoms with Crippen LogP contribution in [-0.2, 0) is 20.2 Å². The van der Waals surface area contributed by atoms with E-state index in [1.807, 2.05) is 0 Å². The van der Waals surface area contributed by atoms with Gasteiger partial charge in [-0.15, -0.1) is 5.11 Å². The molecule has 0 saturated carbocycles. The molecule has 0 spiro atoms. The zero-order valence-corrected chi connectivity index (χ0v) is 30.8. The number of benzene rings is 5. The molecule has 0 aliphatic rings. The molecular weight excluding hydrogens is 668 g/mol. The fourth-order valence-electron chi connectivity index (χ4n) is 4.22. The van der Waals surface area contributed by atoms with Crippen LogP contribution in [-0.4, -0.2) is 37.0 Å². The minimum absolute atomic E-state index is 0. The van der Waals surface area contributed by atoms with E-state index in [-0.39, 0.29) is 75.6 Å². The summed E-state index contributed by atoms with van der Waals surface area (Å²) in [6.45, 7) is 1.66. The third-order valence-electron chi connectivity index (χ3n) is 6.46. The number of carbonyl (C=O) groups excluding carboxylic acids is 1. The zero-order valence-electron chi connectivity index (χ0n) is 25.1. The molecule has 2 N–H and O–H groups in total. The summed E-state index contributed by atoms with van der Waals surface area (Å²) in [4.78, 5) is 11.3. The van der Waals surface area contributed by atoms with Gasteiger partial charge in [-0.1, -0.05) is 18.2 Å². The van der Waals surface area contributed by atoms with Gasteiger partial charge in [-0.25, -0.2) is 16.8 Å². The average Bonchev–Trinajstić information content (AvgIpc) is 3.00. The van der Waals surface area contributed by atoms with Gasteiger partial charge in [-0.05, 0) is 96.7 Å². The first kappa shape index (κ1) is 38.1. The molecule has 5 aromatic carbocycles. The Morgan fingerprint density at radius 1 is 0.723 bits per heavy atom. The fourth-order valence-corrected chi connectivity index (χ4v) is 5.34. The van der Waals surface area contributed by atoms with Gasteiger partial charge in [-0.3, -0.25) is 4.79 Å². The first-order chi connectivity index (χ1) is 21.3. The van der Waals surface area contributed by atoms with E-state index in [9.17, 15) is 35.8 Å². The van der Waals surface area contributed by atoms with Crippen LogP contribution < -0.4 is 64.4 Å². The second-order valence-corrected chi connectivity index (χ2v) is 12.3. The van der Waals surface area contributed by atoms with E-state index >= 15 is 0 Å². The smallest absolute Gasteiger partial charge is 0.744 e. The Hall–Kier alpha value is -3.35. The molecule has 0 aliphatic heterocycles. The maximum atomic E-state index is 12.5. The van der Waals surface area contributed by atoms with Crippen molar-refractivity contribution in [2.75, 3.05) is 5.32 Å². The van der Waals surface area contributed by atoms with E-state index in [2.05, 4.69) is 25.8 Å². The third kappa shape index (κ3) is 9.39. The Kier molecular flexibility index (Phi) is 12.7. The van der Waals surface area contributed by atoms with Crippen LogP contribution in [0.15, 0.2) is 127 Å². The number of fused-ring (bicyclic) bond motifs is 1. The molecule has 0 bridgehead atoms. The molecule has 13 nitrogen and oxygen atoms in total. The van der Waals surface area contributed by atoms with Crippen molar-refractivity contribution < 1.29 is 95.0 Å². The number of phenols is 1. The number of amides is 1. The van der Waals surface area contributed by atoms with Gasteiger partial charge in [-0.2, -0.15) is 15.3 Å². The molecule has 0 aromatic heterocycles. The summed E-state index contributed by atoms with van der Waals surface area (Å²) in [5, 5.41) is 30.0. The van der Waals surface area contributed by atoms with Crippen molar-refractivity contribution >= 4 is 65.4 Å². The van der Waals surface area contributed by atoms with Gasteiger partial charge in [0.25, 0.3) is 5.91 Å². The summed E-state index contributed by atoms with van der Waals surface area (Å²) in [6, 6.07) is 23.3. The number of aryl methyl sites for hydroxylation is 1. The molecule has 0 heterocycles. The van der Waals surface area contributed by atoms with E-state index in [1.165, 1.54) is 42.5 Å². The molecule has 5 rings (SSSR count). The SMILES string of the molecule is Cc1cc(N=Nc2ccc(S(=O)(=O)[O-])cc2)ccc1N=Nc1c(S(=O)(=O)[O-])cc2cc(NC(=O)c3ccccc3)ccc2c1O.[Na+].[Na+]. The van der Waals surface area contributed by atoms with Gasteiger partial charge in [0.2, 0.25) is 0 Å². The number of anilines is 1. The summed E-state index contributed by atoms with van der Waals surface area (Å²) in [7, 11) is -9.71. The number of rotatable bonds is 8. The van der Waals surface area contributed by atoms with Crippen LogP contribution in [0.3, 0.4) is 0 Å². The van der Waals surface area contributed by atoms with E-state index in [4.69, 9.17) is 0 Å². The van der Waals surface area contributed by atoms with E-state index in [0.29, 0.717) is 28.2 Å². The second-order valence-electron chi connectivity index (χ2n) is 9.60. The van der Waals surface area contributed by atoms with Crippen LogP contribution in [0.25, 0.3) is 10.8 Å². The van der Waals surface area contributed by atoms with Gasteiger partial charge in [0.05, 0.1) is 26.9 Å². The quantitative estimate of drug-likeness (QED) is 0.134. The van der Waals surface area contributed by atoms with E-state index < -0.39 is 47.4 Å². The summed E-state index contributed by atoms with van der Waals surface area (Å²) in [6.07, 6.45) is 0. The molecule has 0 unspecified atom stereocenters. The predicted molar refractivity (Wildman–Crippen MR) is 162 cm³/mol. The number of nitrogens with one attached hydrogen (secondary N) is 1. The van der Waals surface area contributed by atoms with Crippen LogP contribution in [0.2, 0.25) is 0 Å². The first-order valence-corrected chi connectivity index (χ1v) is 15.7. The van der Waals surface area contributed by atoms with Crippen LogP contribution in [0.1, 0.15) is 15.9 Å². The van der Waals surface area contributed by atoms with Gasteiger partial charge in [0, 0.05) is 16.6 Å². The largest absolute Gasteiger partial charge is 1.00 e. The Labute approximate surface area is 313 Å². The molecule has 0 radical (unpaired) electrons. The Morgan fingerprint density at radius 3 is 1.98 bits per heavy atom. The van der Waals surface area contributed by atoms with Crippen LogP contribution in [0.5, 0.6) is 5.75 Å². The standard InChI is InChI=1S/C30H23N5O8S2.2Na/c1-18-15-23(33-32-21-7-11-24(12-8-21)44(38,39)40)10-14-26(18)34-35-28-27(45(41,42)43)17-20-16-22(9-13-25(20)29(28)36)31-30(37)19-5-3-2-4-6-19;;/h2-17,36H,1H3,(H,31,37)(H,38,39,40)(H,41,42,43);;/q;2*+1/p-2. The number of hydrogen-bond acceptors (Lipinski definition) is 12. The minimum Gasteiger partial charge on any atom is -0.744 e.